The lowest BCUT2D eigenvalue weighted by molar-refractivity contribution is -0.186. The van der Waals surface area contributed by atoms with Gasteiger partial charge in [-0.15, -0.1) is 0 Å². The van der Waals surface area contributed by atoms with Gasteiger partial charge in [0.15, 0.2) is 0 Å². The first-order valence-corrected chi connectivity index (χ1v) is 6.53. The number of carbonyl (C=O) groups is 1. The molecule has 0 N–H and O–H groups in total. The van der Waals surface area contributed by atoms with E-state index in [1.54, 1.807) is 30.5 Å². The fourth-order valence-corrected chi connectivity index (χ4v) is 2.35. The van der Waals surface area contributed by atoms with E-state index in [2.05, 4.69) is 14.9 Å². The number of hydrogen-bond acceptors (Lipinski definition) is 5. The Morgan fingerprint density at radius 2 is 2.23 bits per heavy atom. The maximum Gasteiger partial charge on any atom is 0.359 e. The number of carbonyl (C=O) groups excluding carboxylic acids is 1. The van der Waals surface area contributed by atoms with Gasteiger partial charge in [-0.2, -0.15) is 0 Å². The zero-order chi connectivity index (χ0) is 15.7. The average Bonchev–Trinajstić information content (AvgIpc) is 3.00. The van der Waals surface area contributed by atoms with E-state index in [1.807, 2.05) is 6.07 Å². The van der Waals surface area contributed by atoms with Gasteiger partial charge in [0.25, 0.3) is 12.0 Å². The lowest BCUT2D eigenvalue weighted by atomic mass is 9.94. The summed E-state index contributed by atoms with van der Waals surface area (Å²) in [5.74, 6) is -1.14. The Morgan fingerprint density at radius 1 is 1.41 bits per heavy atom. The van der Waals surface area contributed by atoms with Gasteiger partial charge >= 0.3 is 5.97 Å². The smallest absolute Gasteiger partial charge is 0.359 e. The Bertz CT molecular complexity index is 763. The third-order valence-corrected chi connectivity index (χ3v) is 3.57. The molecule has 0 amide bonds. The molecule has 1 atom stereocenters. The monoisotopic (exact) mass is 306 g/mol. The molecule has 0 spiro atoms. The number of fused-ring (bicyclic) bond motifs is 1. The van der Waals surface area contributed by atoms with Crippen LogP contribution in [0.4, 0.5) is 8.78 Å². The molecule has 1 aliphatic rings. The maximum atomic E-state index is 13.3. The molecule has 1 aromatic carbocycles. The van der Waals surface area contributed by atoms with Crippen molar-refractivity contribution in [3.63, 3.8) is 0 Å². The highest BCUT2D eigenvalue weighted by Gasteiger charge is 2.56. The second-order valence-corrected chi connectivity index (χ2v) is 4.90. The van der Waals surface area contributed by atoms with Crippen LogP contribution in [0.25, 0.3) is 10.9 Å². The Morgan fingerprint density at radius 3 is 2.95 bits per heavy atom. The van der Waals surface area contributed by atoms with Crippen molar-refractivity contribution in [1.29, 1.82) is 0 Å². The fraction of sp³-hybridized carbons (Fsp3) is 0.267. The van der Waals surface area contributed by atoms with Gasteiger partial charge in [-0.05, 0) is 18.2 Å². The number of aromatic nitrogens is 1. The van der Waals surface area contributed by atoms with Crippen molar-refractivity contribution in [2.75, 3.05) is 7.11 Å². The van der Waals surface area contributed by atoms with Crippen LogP contribution in [0.1, 0.15) is 12.0 Å². The van der Waals surface area contributed by atoms with E-state index >= 15 is 0 Å². The summed E-state index contributed by atoms with van der Waals surface area (Å²) in [6, 6.07) is 8.85. The number of ether oxygens (including phenoxy) is 1. The third-order valence-electron chi connectivity index (χ3n) is 3.57. The average molecular weight is 306 g/mol. The lowest BCUT2D eigenvalue weighted by Gasteiger charge is -2.22. The second kappa shape index (κ2) is 5.32. The van der Waals surface area contributed by atoms with E-state index in [1.165, 1.54) is 0 Å². The van der Waals surface area contributed by atoms with Crippen molar-refractivity contribution < 1.29 is 23.1 Å². The molecule has 3 rings (SSSR count). The molecule has 5 nitrogen and oxygen atoms in total. The van der Waals surface area contributed by atoms with Gasteiger partial charge in [0, 0.05) is 17.1 Å². The highest BCUT2D eigenvalue weighted by molar-refractivity contribution is 6.06. The van der Waals surface area contributed by atoms with Gasteiger partial charge < -0.3 is 9.57 Å². The number of esters is 1. The number of rotatable bonds is 3. The summed E-state index contributed by atoms with van der Waals surface area (Å²) in [4.78, 5) is 20.6. The minimum Gasteiger partial charge on any atom is -0.466 e. The minimum absolute atomic E-state index is 0.274. The van der Waals surface area contributed by atoms with Gasteiger partial charge in [-0.3, -0.25) is 4.98 Å². The first kappa shape index (κ1) is 14.4. The number of oxime groups is 1. The standard InChI is InChI=1S/C15H12F2N2O3/c1-21-14(20)15(13(16)17)8-12(19-22-15)10-4-5-11-9(7-10)3-2-6-18-11/h2-7,13H,8H2,1H3. The quantitative estimate of drug-likeness (QED) is 0.818. The number of benzene rings is 1. The number of hydrogen-bond donors (Lipinski definition) is 0. The van der Waals surface area contributed by atoms with Crippen LogP contribution in [0.3, 0.4) is 0 Å². The van der Waals surface area contributed by atoms with E-state index in [0.717, 1.165) is 18.0 Å². The zero-order valence-electron chi connectivity index (χ0n) is 11.6. The van der Waals surface area contributed by atoms with Crippen LogP contribution < -0.4 is 0 Å². The molecule has 0 aliphatic carbocycles. The summed E-state index contributed by atoms with van der Waals surface area (Å²) in [7, 11) is 1.04. The van der Waals surface area contributed by atoms with E-state index in [0.29, 0.717) is 5.56 Å². The van der Waals surface area contributed by atoms with E-state index in [9.17, 15) is 13.6 Å². The Kier molecular flexibility index (Phi) is 3.48. The van der Waals surface area contributed by atoms with Crippen molar-refractivity contribution >= 4 is 22.6 Å². The van der Waals surface area contributed by atoms with Crippen LogP contribution in [-0.2, 0) is 14.4 Å². The van der Waals surface area contributed by atoms with Crippen molar-refractivity contribution in [2.24, 2.45) is 5.16 Å². The highest BCUT2D eigenvalue weighted by Crippen LogP contribution is 2.34. The molecular formula is C15H12F2N2O3. The van der Waals surface area contributed by atoms with Crippen molar-refractivity contribution in [2.45, 2.75) is 18.4 Å². The molecule has 7 heteroatoms. The second-order valence-electron chi connectivity index (χ2n) is 4.90. The van der Waals surface area contributed by atoms with Crippen LogP contribution in [0.2, 0.25) is 0 Å². The van der Waals surface area contributed by atoms with Crippen LogP contribution in [-0.4, -0.2) is 35.8 Å². The SMILES string of the molecule is COC(=O)C1(C(F)F)CC(c2ccc3ncccc3c2)=NO1. The van der Waals surface area contributed by atoms with Gasteiger partial charge in [-0.1, -0.05) is 17.3 Å². The third kappa shape index (κ3) is 2.18. The topological polar surface area (TPSA) is 60.8 Å². The van der Waals surface area contributed by atoms with Crippen LogP contribution >= 0.6 is 0 Å². The zero-order valence-corrected chi connectivity index (χ0v) is 11.6. The summed E-state index contributed by atoms with van der Waals surface area (Å²) in [6.07, 6.45) is -1.72. The number of halogens is 2. The fourth-order valence-electron chi connectivity index (χ4n) is 2.35. The minimum atomic E-state index is -3.04. The predicted molar refractivity (Wildman–Crippen MR) is 74.7 cm³/mol. The molecular weight excluding hydrogens is 294 g/mol. The first-order valence-electron chi connectivity index (χ1n) is 6.53. The molecule has 2 aromatic rings. The van der Waals surface area contributed by atoms with Crippen LogP contribution in [0.15, 0.2) is 41.7 Å². The number of pyridine rings is 1. The van der Waals surface area contributed by atoms with E-state index < -0.39 is 18.0 Å². The van der Waals surface area contributed by atoms with Crippen molar-refractivity contribution in [3.05, 3.63) is 42.1 Å². The molecule has 1 aliphatic heterocycles. The highest BCUT2D eigenvalue weighted by atomic mass is 19.3. The Hall–Kier alpha value is -2.57. The number of alkyl halides is 2. The van der Waals surface area contributed by atoms with Gasteiger partial charge in [0.1, 0.15) is 0 Å². The normalized spacial score (nSPS) is 20.8. The molecule has 114 valence electrons. The van der Waals surface area contributed by atoms with E-state index in [4.69, 9.17) is 4.84 Å². The van der Waals surface area contributed by atoms with Crippen molar-refractivity contribution in [1.82, 2.24) is 4.98 Å². The summed E-state index contributed by atoms with van der Waals surface area (Å²) >= 11 is 0. The maximum absolute atomic E-state index is 13.3. The molecule has 22 heavy (non-hydrogen) atoms. The summed E-state index contributed by atoms with van der Waals surface area (Å²) < 4.78 is 31.0. The van der Waals surface area contributed by atoms with Crippen LogP contribution in [0.5, 0.6) is 0 Å². The molecule has 1 aromatic heterocycles. The number of nitrogens with zero attached hydrogens (tertiary/aromatic N) is 2. The molecule has 2 heterocycles. The number of methoxy groups -OCH3 is 1. The summed E-state index contributed by atoms with van der Waals surface area (Å²) in [6.45, 7) is 0. The van der Waals surface area contributed by atoms with Gasteiger partial charge in [0.05, 0.1) is 24.8 Å². The lowest BCUT2D eigenvalue weighted by Crippen LogP contribution is -2.46. The van der Waals surface area contributed by atoms with E-state index in [-0.39, 0.29) is 12.1 Å². The Balaban J connectivity index is 1.94. The van der Waals surface area contributed by atoms with Crippen molar-refractivity contribution in [3.8, 4) is 0 Å². The molecule has 0 bridgehead atoms. The Labute approximate surface area is 124 Å². The molecule has 0 radical (unpaired) electrons. The van der Waals surface area contributed by atoms with Gasteiger partial charge in [0.2, 0.25) is 0 Å². The van der Waals surface area contributed by atoms with Gasteiger partial charge in [-0.25, -0.2) is 13.6 Å². The largest absolute Gasteiger partial charge is 0.466 e. The first-order chi connectivity index (χ1) is 10.6. The van der Waals surface area contributed by atoms with Crippen LogP contribution in [0, 0.1) is 0 Å². The summed E-state index contributed by atoms with van der Waals surface area (Å²) in [5.41, 5.74) is -0.712. The molecule has 0 saturated heterocycles. The summed E-state index contributed by atoms with van der Waals surface area (Å²) in [5, 5.41) is 4.51. The predicted octanol–water partition coefficient (Wildman–Crippen LogP) is 2.54. The molecule has 1 unspecified atom stereocenters. The molecule has 0 fully saturated rings. The molecule has 0 saturated carbocycles.